The van der Waals surface area contributed by atoms with Gasteiger partial charge >= 0.3 is 0 Å². The van der Waals surface area contributed by atoms with Crippen molar-refractivity contribution in [1.82, 2.24) is 0 Å². The second-order valence-electron chi connectivity index (χ2n) is 3.76. The normalized spacial score (nSPS) is 11.8. The predicted molar refractivity (Wildman–Crippen MR) is 62.5 cm³/mol. The Bertz CT molecular complexity index is 341. The molecule has 1 unspecified atom stereocenters. The molecular formula is C12H17N3. The van der Waals surface area contributed by atoms with Gasteiger partial charge in [0.1, 0.15) is 0 Å². The molecule has 0 amide bonds. The summed E-state index contributed by atoms with van der Waals surface area (Å²) in [6, 6.07) is 9.63. The van der Waals surface area contributed by atoms with Crippen molar-refractivity contribution < 1.29 is 0 Å². The molecule has 0 fully saturated rings. The molecule has 0 aromatic heterocycles. The highest BCUT2D eigenvalue weighted by molar-refractivity contribution is 5.49. The molecule has 0 saturated heterocycles. The van der Waals surface area contributed by atoms with E-state index in [1.807, 2.05) is 18.2 Å². The molecule has 0 aliphatic rings. The Morgan fingerprint density at radius 2 is 2.33 bits per heavy atom. The summed E-state index contributed by atoms with van der Waals surface area (Å²) in [5, 5.41) is 12.0. The second-order valence-corrected chi connectivity index (χ2v) is 3.76. The third-order valence-electron chi connectivity index (χ3n) is 2.31. The van der Waals surface area contributed by atoms with Gasteiger partial charge in [-0.05, 0) is 37.1 Å². The summed E-state index contributed by atoms with van der Waals surface area (Å²) in [5.74, 6) is 0.556. The lowest BCUT2D eigenvalue weighted by molar-refractivity contribution is 0.568. The standard InChI is InChI=1S/C12H17N3/c1-10(5-6-13)9-15-12-4-2-3-11(7-12)8-14/h2-4,7,10,15H,5-6,9,13H2,1H3. The van der Waals surface area contributed by atoms with Crippen LogP contribution in [0.25, 0.3) is 0 Å². The Balaban J connectivity index is 2.47. The number of benzene rings is 1. The zero-order valence-electron chi connectivity index (χ0n) is 9.03. The van der Waals surface area contributed by atoms with Gasteiger partial charge in [0, 0.05) is 12.2 Å². The maximum Gasteiger partial charge on any atom is 0.0992 e. The highest BCUT2D eigenvalue weighted by atomic mass is 14.9. The minimum Gasteiger partial charge on any atom is -0.385 e. The van der Waals surface area contributed by atoms with Gasteiger partial charge in [-0.1, -0.05) is 13.0 Å². The highest BCUT2D eigenvalue weighted by Crippen LogP contribution is 2.11. The minimum absolute atomic E-state index is 0.556. The molecule has 3 N–H and O–H groups in total. The summed E-state index contributed by atoms with van der Waals surface area (Å²) in [7, 11) is 0. The molecule has 0 aliphatic carbocycles. The van der Waals surface area contributed by atoms with Crippen LogP contribution in [0.1, 0.15) is 18.9 Å². The zero-order valence-corrected chi connectivity index (χ0v) is 9.03. The monoisotopic (exact) mass is 203 g/mol. The maximum absolute atomic E-state index is 8.73. The van der Waals surface area contributed by atoms with Gasteiger partial charge < -0.3 is 11.1 Å². The van der Waals surface area contributed by atoms with Crippen LogP contribution in [0.3, 0.4) is 0 Å². The summed E-state index contributed by atoms with van der Waals surface area (Å²) in [6.45, 7) is 3.78. The van der Waals surface area contributed by atoms with Crippen LogP contribution in [0.4, 0.5) is 5.69 Å². The maximum atomic E-state index is 8.73. The van der Waals surface area contributed by atoms with Crippen molar-refractivity contribution in [2.45, 2.75) is 13.3 Å². The summed E-state index contributed by atoms with van der Waals surface area (Å²) >= 11 is 0. The fourth-order valence-corrected chi connectivity index (χ4v) is 1.38. The smallest absolute Gasteiger partial charge is 0.0992 e. The van der Waals surface area contributed by atoms with E-state index >= 15 is 0 Å². The summed E-state index contributed by atoms with van der Waals surface area (Å²) < 4.78 is 0. The van der Waals surface area contributed by atoms with Crippen molar-refractivity contribution in [3.05, 3.63) is 29.8 Å². The van der Waals surface area contributed by atoms with Crippen LogP contribution in [0.2, 0.25) is 0 Å². The molecule has 0 heterocycles. The molecular weight excluding hydrogens is 186 g/mol. The topological polar surface area (TPSA) is 61.8 Å². The van der Waals surface area contributed by atoms with E-state index in [2.05, 4.69) is 18.3 Å². The molecule has 1 rings (SSSR count). The van der Waals surface area contributed by atoms with Crippen LogP contribution in [-0.2, 0) is 0 Å². The van der Waals surface area contributed by atoms with E-state index in [4.69, 9.17) is 11.0 Å². The molecule has 15 heavy (non-hydrogen) atoms. The Morgan fingerprint density at radius 1 is 1.53 bits per heavy atom. The second kappa shape index (κ2) is 6.05. The Morgan fingerprint density at radius 3 is 3.00 bits per heavy atom. The van der Waals surface area contributed by atoms with Gasteiger partial charge in [-0.25, -0.2) is 0 Å². The van der Waals surface area contributed by atoms with Crippen LogP contribution < -0.4 is 11.1 Å². The first kappa shape index (κ1) is 11.5. The average molecular weight is 203 g/mol. The molecule has 1 aromatic rings. The first-order chi connectivity index (χ1) is 7.26. The predicted octanol–water partition coefficient (Wildman–Crippen LogP) is 1.96. The minimum atomic E-state index is 0.556. The van der Waals surface area contributed by atoms with Crippen molar-refractivity contribution in [2.75, 3.05) is 18.4 Å². The lowest BCUT2D eigenvalue weighted by Crippen LogP contribution is -2.15. The molecule has 0 saturated carbocycles. The molecule has 1 aromatic carbocycles. The van der Waals surface area contributed by atoms with Gasteiger partial charge in [0.05, 0.1) is 11.6 Å². The van der Waals surface area contributed by atoms with E-state index in [0.717, 1.165) is 25.2 Å². The van der Waals surface area contributed by atoms with E-state index in [0.29, 0.717) is 11.5 Å². The van der Waals surface area contributed by atoms with Crippen LogP contribution in [0, 0.1) is 17.2 Å². The number of nitrogens with zero attached hydrogens (tertiary/aromatic N) is 1. The molecule has 80 valence electrons. The number of anilines is 1. The Labute approximate surface area is 90.9 Å². The van der Waals surface area contributed by atoms with Crippen molar-refractivity contribution in [3.8, 4) is 6.07 Å². The third kappa shape index (κ3) is 4.01. The zero-order chi connectivity index (χ0) is 11.1. The van der Waals surface area contributed by atoms with Crippen LogP contribution in [0.15, 0.2) is 24.3 Å². The molecule has 0 radical (unpaired) electrons. The summed E-state index contributed by atoms with van der Waals surface area (Å²) in [6.07, 6.45) is 1.02. The number of hydrogen-bond acceptors (Lipinski definition) is 3. The van der Waals surface area contributed by atoms with Gasteiger partial charge in [0.15, 0.2) is 0 Å². The lowest BCUT2D eigenvalue weighted by atomic mass is 10.1. The largest absolute Gasteiger partial charge is 0.385 e. The quantitative estimate of drug-likeness (QED) is 0.769. The van der Waals surface area contributed by atoms with Gasteiger partial charge in [-0.15, -0.1) is 0 Å². The van der Waals surface area contributed by atoms with Crippen LogP contribution >= 0.6 is 0 Å². The number of hydrogen-bond donors (Lipinski definition) is 2. The van der Waals surface area contributed by atoms with Crippen molar-refractivity contribution >= 4 is 5.69 Å². The van der Waals surface area contributed by atoms with Gasteiger partial charge in [0.2, 0.25) is 0 Å². The SMILES string of the molecule is CC(CCN)CNc1cccc(C#N)c1. The number of nitrogens with two attached hydrogens (primary N) is 1. The van der Waals surface area contributed by atoms with Gasteiger partial charge in [0.25, 0.3) is 0 Å². The fourth-order valence-electron chi connectivity index (χ4n) is 1.38. The van der Waals surface area contributed by atoms with E-state index < -0.39 is 0 Å². The molecule has 3 nitrogen and oxygen atoms in total. The van der Waals surface area contributed by atoms with Crippen molar-refractivity contribution in [2.24, 2.45) is 11.7 Å². The van der Waals surface area contributed by atoms with Crippen molar-refractivity contribution in [1.29, 1.82) is 5.26 Å². The van der Waals surface area contributed by atoms with Gasteiger partial charge in [-0.3, -0.25) is 0 Å². The molecule has 1 atom stereocenters. The third-order valence-corrected chi connectivity index (χ3v) is 2.31. The number of nitriles is 1. The van der Waals surface area contributed by atoms with E-state index in [-0.39, 0.29) is 0 Å². The molecule has 3 heteroatoms. The van der Waals surface area contributed by atoms with E-state index in [9.17, 15) is 0 Å². The first-order valence-electron chi connectivity index (χ1n) is 5.20. The van der Waals surface area contributed by atoms with Gasteiger partial charge in [-0.2, -0.15) is 5.26 Å². The fraction of sp³-hybridized carbons (Fsp3) is 0.417. The molecule has 0 spiro atoms. The van der Waals surface area contributed by atoms with Crippen molar-refractivity contribution in [3.63, 3.8) is 0 Å². The summed E-state index contributed by atoms with van der Waals surface area (Å²) in [5.41, 5.74) is 7.16. The van der Waals surface area contributed by atoms with E-state index in [1.165, 1.54) is 0 Å². The highest BCUT2D eigenvalue weighted by Gasteiger charge is 2.00. The molecule has 0 aliphatic heterocycles. The molecule has 0 bridgehead atoms. The number of nitrogens with one attached hydrogen (secondary N) is 1. The van der Waals surface area contributed by atoms with Crippen LogP contribution in [0.5, 0.6) is 0 Å². The Hall–Kier alpha value is -1.53. The average Bonchev–Trinajstić information content (AvgIpc) is 2.27. The lowest BCUT2D eigenvalue weighted by Gasteiger charge is -2.12. The Kier molecular flexibility index (Phi) is 4.65. The van der Waals surface area contributed by atoms with E-state index in [1.54, 1.807) is 6.07 Å². The van der Waals surface area contributed by atoms with Crippen LogP contribution in [-0.4, -0.2) is 13.1 Å². The summed E-state index contributed by atoms with van der Waals surface area (Å²) in [4.78, 5) is 0. The first-order valence-corrected chi connectivity index (χ1v) is 5.20. The number of rotatable bonds is 5.